The summed E-state index contributed by atoms with van der Waals surface area (Å²) >= 11 is 0. The maximum absolute atomic E-state index is 12.6. The van der Waals surface area contributed by atoms with Gasteiger partial charge in [-0.25, -0.2) is 14.5 Å². The summed E-state index contributed by atoms with van der Waals surface area (Å²) in [6, 6.07) is 26.9. The number of carbonyl (C=O) groups is 1. The van der Waals surface area contributed by atoms with E-state index in [1.807, 2.05) is 47.4 Å². The van der Waals surface area contributed by atoms with Gasteiger partial charge < -0.3 is 4.90 Å². The second-order valence-electron chi connectivity index (χ2n) is 9.69. The number of H-pyrrole nitrogens is 1. The number of amides is 1. The molecule has 1 aromatic heterocycles. The molecule has 3 aromatic carbocycles. The van der Waals surface area contributed by atoms with Crippen LogP contribution in [-0.4, -0.2) is 38.7 Å². The Labute approximate surface area is 204 Å². The number of hydrogen-bond acceptors (Lipinski definition) is 3. The minimum absolute atomic E-state index is 0.233. The lowest BCUT2D eigenvalue weighted by atomic mass is 10.00. The minimum atomic E-state index is -0.233. The third-order valence-corrected chi connectivity index (χ3v) is 7.19. The fraction of sp³-hybridized carbons (Fsp3) is 0.276. The molecule has 0 radical (unpaired) electrons. The number of aromatic nitrogens is 3. The molecule has 0 spiro atoms. The Bertz CT molecular complexity index is 1380. The average Bonchev–Trinajstić information content (AvgIpc) is 3.55. The summed E-state index contributed by atoms with van der Waals surface area (Å²) in [6.45, 7) is 1.57. The first-order valence-corrected chi connectivity index (χ1v) is 12.4. The van der Waals surface area contributed by atoms with Crippen LogP contribution >= 0.6 is 0 Å². The highest BCUT2D eigenvalue weighted by atomic mass is 16.2. The molecule has 2 aliphatic rings. The van der Waals surface area contributed by atoms with Gasteiger partial charge in [-0.1, -0.05) is 66.7 Å². The highest BCUT2D eigenvalue weighted by Crippen LogP contribution is 2.33. The zero-order chi connectivity index (χ0) is 23.8. The van der Waals surface area contributed by atoms with Gasteiger partial charge in [0.1, 0.15) is 5.82 Å². The molecular formula is C29H28N4O2. The molecule has 6 heteroatoms. The smallest absolute Gasteiger partial charge is 0.342 e. The first-order chi connectivity index (χ1) is 17.2. The maximum atomic E-state index is 12.6. The molecule has 4 aromatic rings. The van der Waals surface area contributed by atoms with Crippen LogP contribution in [0.25, 0.3) is 27.9 Å². The van der Waals surface area contributed by atoms with E-state index in [0.717, 1.165) is 55.0 Å². The highest BCUT2D eigenvalue weighted by molar-refractivity contribution is 5.81. The van der Waals surface area contributed by atoms with Crippen molar-refractivity contribution in [2.75, 3.05) is 13.1 Å². The Hall–Kier alpha value is -3.93. The van der Waals surface area contributed by atoms with E-state index in [9.17, 15) is 9.59 Å². The van der Waals surface area contributed by atoms with Gasteiger partial charge in [-0.2, -0.15) is 5.10 Å². The van der Waals surface area contributed by atoms with Gasteiger partial charge in [-0.15, -0.1) is 0 Å². The molecule has 1 aliphatic heterocycles. The third-order valence-electron chi connectivity index (χ3n) is 7.19. The van der Waals surface area contributed by atoms with Crippen LogP contribution in [0.15, 0.2) is 83.7 Å². The fourth-order valence-electron chi connectivity index (χ4n) is 5.07. The topological polar surface area (TPSA) is 71.0 Å². The van der Waals surface area contributed by atoms with Crippen LogP contribution in [0.3, 0.4) is 0 Å². The van der Waals surface area contributed by atoms with Crippen molar-refractivity contribution in [3.05, 3.63) is 95.2 Å². The Morgan fingerprint density at radius 3 is 2.06 bits per heavy atom. The van der Waals surface area contributed by atoms with Crippen molar-refractivity contribution in [1.29, 1.82) is 0 Å². The second kappa shape index (κ2) is 9.02. The molecule has 1 atom stereocenters. The number of nitrogens with one attached hydrogen (secondary N) is 1. The van der Waals surface area contributed by atoms with Crippen LogP contribution in [0.1, 0.15) is 25.1 Å². The standard InChI is InChI=1S/C29H28N4O2/c34-28(25-10-11-25)32-17-16-20(19-32)18-27-30-31-29(35)33(27)26-14-12-24(13-15-26)23-8-6-22(7-9-23)21-4-2-1-3-5-21/h1-9,12-15,20,25H,10-11,16-19H2,(H,31,35)/t20-/m0/s1. The molecule has 176 valence electrons. The molecule has 6 nitrogen and oxygen atoms in total. The molecule has 2 fully saturated rings. The number of rotatable bonds is 6. The summed E-state index contributed by atoms with van der Waals surface area (Å²) in [5.41, 5.74) is 5.17. The third kappa shape index (κ3) is 4.44. The molecule has 6 rings (SSSR count). The molecule has 0 unspecified atom stereocenters. The van der Waals surface area contributed by atoms with Gasteiger partial charge in [0.2, 0.25) is 5.91 Å². The summed E-state index contributed by atoms with van der Waals surface area (Å²) in [6.07, 6.45) is 3.70. The van der Waals surface area contributed by atoms with Gasteiger partial charge in [0.05, 0.1) is 5.69 Å². The summed E-state index contributed by atoms with van der Waals surface area (Å²) in [5.74, 6) is 1.61. The SMILES string of the molecule is O=C(C1CC1)N1CC[C@@H](Cc2n[nH]c(=O)n2-c2ccc(-c3ccc(-c4ccccc4)cc3)cc2)C1. The second-order valence-corrected chi connectivity index (χ2v) is 9.69. The van der Waals surface area contributed by atoms with E-state index in [4.69, 9.17) is 0 Å². The monoisotopic (exact) mass is 464 g/mol. The average molecular weight is 465 g/mol. The first-order valence-electron chi connectivity index (χ1n) is 12.4. The minimum Gasteiger partial charge on any atom is -0.342 e. The Balaban J connectivity index is 1.18. The maximum Gasteiger partial charge on any atom is 0.347 e. The Morgan fingerprint density at radius 2 is 1.43 bits per heavy atom. The van der Waals surface area contributed by atoms with Crippen molar-refractivity contribution in [3.8, 4) is 27.9 Å². The van der Waals surface area contributed by atoms with E-state index in [-0.39, 0.29) is 11.6 Å². The number of benzene rings is 3. The van der Waals surface area contributed by atoms with Gasteiger partial charge in [-0.05, 0) is 59.6 Å². The van der Waals surface area contributed by atoms with Crippen molar-refractivity contribution >= 4 is 5.91 Å². The normalized spacial score (nSPS) is 17.6. The Morgan fingerprint density at radius 1 is 0.829 bits per heavy atom. The quantitative estimate of drug-likeness (QED) is 0.450. The van der Waals surface area contributed by atoms with Crippen molar-refractivity contribution in [3.63, 3.8) is 0 Å². The van der Waals surface area contributed by atoms with Crippen LogP contribution in [0, 0.1) is 11.8 Å². The summed E-state index contributed by atoms with van der Waals surface area (Å²) in [7, 11) is 0. The van der Waals surface area contributed by atoms with E-state index in [1.54, 1.807) is 4.57 Å². The zero-order valence-electron chi connectivity index (χ0n) is 19.6. The van der Waals surface area contributed by atoms with Crippen LogP contribution < -0.4 is 5.69 Å². The number of likely N-dealkylation sites (tertiary alicyclic amines) is 1. The van der Waals surface area contributed by atoms with Gasteiger partial charge >= 0.3 is 5.69 Å². The summed E-state index contributed by atoms with van der Waals surface area (Å²) in [4.78, 5) is 27.0. The van der Waals surface area contributed by atoms with Gasteiger partial charge in [0, 0.05) is 25.4 Å². The molecular weight excluding hydrogens is 436 g/mol. The van der Waals surface area contributed by atoms with Crippen LogP contribution in [-0.2, 0) is 11.2 Å². The molecule has 1 amide bonds. The molecule has 35 heavy (non-hydrogen) atoms. The lowest BCUT2D eigenvalue weighted by Gasteiger charge is -2.16. The molecule has 2 heterocycles. The van der Waals surface area contributed by atoms with Crippen LogP contribution in [0.2, 0.25) is 0 Å². The van der Waals surface area contributed by atoms with Gasteiger partial charge in [0.15, 0.2) is 0 Å². The van der Waals surface area contributed by atoms with E-state index in [2.05, 4.69) is 46.6 Å². The largest absolute Gasteiger partial charge is 0.347 e. The summed E-state index contributed by atoms with van der Waals surface area (Å²) < 4.78 is 1.66. The predicted molar refractivity (Wildman–Crippen MR) is 136 cm³/mol. The lowest BCUT2D eigenvalue weighted by Crippen LogP contribution is -2.30. The highest BCUT2D eigenvalue weighted by Gasteiger charge is 2.36. The number of hydrogen-bond donors (Lipinski definition) is 1. The van der Waals surface area contributed by atoms with E-state index < -0.39 is 0 Å². The summed E-state index contributed by atoms with van der Waals surface area (Å²) in [5, 5.41) is 6.93. The molecule has 1 N–H and O–H groups in total. The molecule has 0 bridgehead atoms. The predicted octanol–water partition coefficient (Wildman–Crippen LogP) is 4.70. The lowest BCUT2D eigenvalue weighted by molar-refractivity contribution is -0.131. The van der Waals surface area contributed by atoms with E-state index in [0.29, 0.717) is 18.2 Å². The van der Waals surface area contributed by atoms with Crippen LogP contribution in [0.4, 0.5) is 0 Å². The molecule has 1 saturated carbocycles. The van der Waals surface area contributed by atoms with Crippen molar-refractivity contribution in [1.82, 2.24) is 19.7 Å². The number of carbonyl (C=O) groups excluding carboxylic acids is 1. The number of aromatic amines is 1. The van der Waals surface area contributed by atoms with Crippen molar-refractivity contribution in [2.24, 2.45) is 11.8 Å². The van der Waals surface area contributed by atoms with Crippen LogP contribution in [0.5, 0.6) is 0 Å². The Kier molecular flexibility index (Phi) is 5.57. The zero-order valence-corrected chi connectivity index (χ0v) is 19.6. The van der Waals surface area contributed by atoms with E-state index >= 15 is 0 Å². The van der Waals surface area contributed by atoms with Gasteiger partial charge in [0.25, 0.3) is 0 Å². The van der Waals surface area contributed by atoms with Crippen molar-refractivity contribution in [2.45, 2.75) is 25.7 Å². The van der Waals surface area contributed by atoms with Gasteiger partial charge in [-0.3, -0.25) is 4.79 Å². The molecule has 1 aliphatic carbocycles. The fourth-order valence-corrected chi connectivity index (χ4v) is 5.07. The number of nitrogens with zero attached hydrogens (tertiary/aromatic N) is 3. The first kappa shape index (κ1) is 21.6. The van der Waals surface area contributed by atoms with E-state index in [1.165, 1.54) is 11.1 Å². The van der Waals surface area contributed by atoms with Crippen molar-refractivity contribution < 1.29 is 4.79 Å². The molecule has 1 saturated heterocycles.